The molecule has 0 aromatic rings. The van der Waals surface area contributed by atoms with Gasteiger partial charge in [-0.3, -0.25) is 4.90 Å². The number of likely N-dealkylation sites (tertiary alicyclic amines) is 1. The molecule has 3 heteroatoms. The van der Waals surface area contributed by atoms with Crippen molar-refractivity contribution in [3.8, 4) is 0 Å². The van der Waals surface area contributed by atoms with Crippen LogP contribution in [-0.4, -0.2) is 49.3 Å². The van der Waals surface area contributed by atoms with Gasteiger partial charge in [-0.05, 0) is 64.0 Å². The molecule has 1 aliphatic heterocycles. The van der Waals surface area contributed by atoms with Crippen molar-refractivity contribution in [1.29, 1.82) is 0 Å². The summed E-state index contributed by atoms with van der Waals surface area (Å²) < 4.78 is 6.03. The minimum absolute atomic E-state index is 0.475. The fourth-order valence-corrected chi connectivity index (χ4v) is 4.01. The van der Waals surface area contributed by atoms with Crippen molar-refractivity contribution in [2.45, 2.75) is 83.9 Å². The van der Waals surface area contributed by atoms with Crippen LogP contribution in [0.3, 0.4) is 0 Å². The molecule has 21 heavy (non-hydrogen) atoms. The van der Waals surface area contributed by atoms with Gasteiger partial charge in [0.05, 0.1) is 6.10 Å². The zero-order valence-corrected chi connectivity index (χ0v) is 14.4. The van der Waals surface area contributed by atoms with Gasteiger partial charge in [-0.15, -0.1) is 0 Å². The van der Waals surface area contributed by atoms with E-state index < -0.39 is 0 Å². The number of piperidine rings is 1. The van der Waals surface area contributed by atoms with Crippen molar-refractivity contribution in [1.82, 2.24) is 10.2 Å². The van der Waals surface area contributed by atoms with Gasteiger partial charge in [0.1, 0.15) is 0 Å². The molecule has 0 aromatic carbocycles. The topological polar surface area (TPSA) is 24.5 Å². The predicted molar refractivity (Wildman–Crippen MR) is 89.7 cm³/mol. The van der Waals surface area contributed by atoms with E-state index in [1.54, 1.807) is 0 Å². The molecule has 2 aliphatic rings. The Morgan fingerprint density at radius 1 is 1.14 bits per heavy atom. The summed E-state index contributed by atoms with van der Waals surface area (Å²) in [6.07, 6.45) is 9.51. The molecule has 1 saturated carbocycles. The van der Waals surface area contributed by atoms with E-state index in [1.807, 2.05) is 0 Å². The molecule has 124 valence electrons. The Morgan fingerprint density at radius 2 is 2.00 bits per heavy atom. The number of nitrogens with one attached hydrogen (secondary N) is 1. The molecule has 0 spiro atoms. The van der Waals surface area contributed by atoms with Crippen molar-refractivity contribution in [2.75, 3.05) is 26.2 Å². The highest BCUT2D eigenvalue weighted by Gasteiger charge is 2.35. The molecule has 0 amide bonds. The normalized spacial score (nSPS) is 35.0. The molecule has 2 fully saturated rings. The van der Waals surface area contributed by atoms with E-state index in [4.69, 9.17) is 4.74 Å². The van der Waals surface area contributed by atoms with E-state index in [1.165, 1.54) is 51.6 Å². The second kappa shape index (κ2) is 9.12. The quantitative estimate of drug-likeness (QED) is 0.779. The smallest absolute Gasteiger partial charge is 0.0702 e. The van der Waals surface area contributed by atoms with E-state index in [-0.39, 0.29) is 0 Å². The van der Waals surface area contributed by atoms with Gasteiger partial charge in [-0.25, -0.2) is 0 Å². The summed E-state index contributed by atoms with van der Waals surface area (Å²) in [4.78, 5) is 2.74. The maximum atomic E-state index is 6.03. The molecule has 1 aliphatic carbocycles. The molecule has 1 heterocycles. The highest BCUT2D eigenvalue weighted by atomic mass is 16.5. The van der Waals surface area contributed by atoms with Crippen molar-refractivity contribution >= 4 is 0 Å². The summed E-state index contributed by atoms with van der Waals surface area (Å²) >= 11 is 0. The number of hydrogen-bond acceptors (Lipinski definition) is 3. The second-order valence-corrected chi connectivity index (χ2v) is 7.18. The van der Waals surface area contributed by atoms with Gasteiger partial charge in [-0.1, -0.05) is 20.8 Å². The third-order valence-electron chi connectivity index (χ3n) is 5.17. The summed E-state index contributed by atoms with van der Waals surface area (Å²) in [5.41, 5.74) is 0. The van der Waals surface area contributed by atoms with Crippen molar-refractivity contribution < 1.29 is 4.74 Å². The zero-order valence-electron chi connectivity index (χ0n) is 14.4. The van der Waals surface area contributed by atoms with Gasteiger partial charge in [0.25, 0.3) is 0 Å². The lowest BCUT2D eigenvalue weighted by molar-refractivity contribution is -0.0259. The summed E-state index contributed by atoms with van der Waals surface area (Å²) in [5.74, 6) is 0.881. The molecule has 3 nitrogen and oxygen atoms in total. The zero-order chi connectivity index (χ0) is 15.1. The first-order valence-corrected chi connectivity index (χ1v) is 9.33. The van der Waals surface area contributed by atoms with Crippen molar-refractivity contribution in [3.63, 3.8) is 0 Å². The van der Waals surface area contributed by atoms with Crippen LogP contribution in [0.25, 0.3) is 0 Å². The third kappa shape index (κ3) is 5.22. The molecular weight excluding hydrogens is 260 g/mol. The first-order valence-electron chi connectivity index (χ1n) is 9.33. The number of ether oxygens (including phenoxy) is 1. The van der Waals surface area contributed by atoms with Crippen molar-refractivity contribution in [3.05, 3.63) is 0 Å². The molecule has 1 saturated heterocycles. The van der Waals surface area contributed by atoms with E-state index in [0.29, 0.717) is 12.1 Å². The minimum Gasteiger partial charge on any atom is -0.377 e. The number of rotatable bonds is 7. The average molecular weight is 296 g/mol. The summed E-state index contributed by atoms with van der Waals surface area (Å²) in [6.45, 7) is 11.4. The van der Waals surface area contributed by atoms with Crippen LogP contribution in [0.5, 0.6) is 0 Å². The van der Waals surface area contributed by atoms with Crippen LogP contribution in [0.15, 0.2) is 0 Å². The summed E-state index contributed by atoms with van der Waals surface area (Å²) in [5, 5.41) is 3.81. The van der Waals surface area contributed by atoms with Gasteiger partial charge in [0, 0.05) is 25.2 Å². The molecule has 2 rings (SSSR count). The highest BCUT2D eigenvalue weighted by Crippen LogP contribution is 2.30. The number of hydrogen-bond donors (Lipinski definition) is 1. The van der Waals surface area contributed by atoms with Gasteiger partial charge in [0.15, 0.2) is 0 Å². The summed E-state index contributed by atoms with van der Waals surface area (Å²) in [6, 6.07) is 1.43. The van der Waals surface area contributed by atoms with Crippen LogP contribution in [0, 0.1) is 5.92 Å². The van der Waals surface area contributed by atoms with Gasteiger partial charge in [-0.2, -0.15) is 0 Å². The minimum atomic E-state index is 0.475. The van der Waals surface area contributed by atoms with Crippen LogP contribution in [-0.2, 0) is 4.74 Å². The summed E-state index contributed by atoms with van der Waals surface area (Å²) in [7, 11) is 0. The van der Waals surface area contributed by atoms with E-state index in [2.05, 4.69) is 31.0 Å². The first kappa shape index (κ1) is 17.2. The molecule has 4 unspecified atom stereocenters. The Bertz CT molecular complexity index is 282. The molecular formula is C18H36N2O. The van der Waals surface area contributed by atoms with Crippen LogP contribution >= 0.6 is 0 Å². The molecule has 4 atom stereocenters. The van der Waals surface area contributed by atoms with Crippen molar-refractivity contribution in [2.24, 2.45) is 5.92 Å². The fraction of sp³-hybridized carbons (Fsp3) is 1.00. The first-order chi connectivity index (χ1) is 10.2. The second-order valence-electron chi connectivity index (χ2n) is 7.18. The highest BCUT2D eigenvalue weighted by molar-refractivity contribution is 4.92. The monoisotopic (exact) mass is 296 g/mol. The van der Waals surface area contributed by atoms with E-state index in [0.717, 1.165) is 31.5 Å². The van der Waals surface area contributed by atoms with Gasteiger partial charge >= 0.3 is 0 Å². The van der Waals surface area contributed by atoms with Gasteiger partial charge < -0.3 is 10.1 Å². The Morgan fingerprint density at radius 3 is 2.76 bits per heavy atom. The predicted octanol–water partition coefficient (Wildman–Crippen LogP) is 3.43. The van der Waals surface area contributed by atoms with Gasteiger partial charge in [0.2, 0.25) is 0 Å². The Balaban J connectivity index is 1.91. The molecule has 0 aromatic heterocycles. The van der Waals surface area contributed by atoms with E-state index >= 15 is 0 Å². The molecule has 0 radical (unpaired) electrons. The Kier molecular flexibility index (Phi) is 7.48. The van der Waals surface area contributed by atoms with Crippen LogP contribution < -0.4 is 5.32 Å². The lowest BCUT2D eigenvalue weighted by atomic mass is 9.81. The standard InChI is InChI=1S/C18H36N2O/c1-4-10-19-17-9-8-15(3)13-18(17)20-11-6-7-16(14-20)21-12-5-2/h15-19H,4-14H2,1-3H3. The lowest BCUT2D eigenvalue weighted by Crippen LogP contribution is -2.56. The Hall–Kier alpha value is -0.120. The SMILES string of the molecule is CCCNC1CCC(C)CC1N1CCCC(OCCC)C1. The largest absolute Gasteiger partial charge is 0.377 e. The fourth-order valence-electron chi connectivity index (χ4n) is 4.01. The lowest BCUT2D eigenvalue weighted by Gasteiger charge is -2.45. The maximum absolute atomic E-state index is 6.03. The molecule has 1 N–H and O–H groups in total. The number of nitrogens with zero attached hydrogens (tertiary/aromatic N) is 1. The third-order valence-corrected chi connectivity index (χ3v) is 5.17. The Labute approximate surface area is 131 Å². The average Bonchev–Trinajstić information content (AvgIpc) is 2.52. The van der Waals surface area contributed by atoms with Crippen LogP contribution in [0.2, 0.25) is 0 Å². The molecule has 0 bridgehead atoms. The maximum Gasteiger partial charge on any atom is 0.0702 e. The van der Waals surface area contributed by atoms with Crippen LogP contribution in [0.4, 0.5) is 0 Å². The van der Waals surface area contributed by atoms with Crippen LogP contribution in [0.1, 0.15) is 65.7 Å². The van der Waals surface area contributed by atoms with E-state index in [9.17, 15) is 0 Å².